The Morgan fingerprint density at radius 3 is 2.38 bits per heavy atom. The lowest BCUT2D eigenvalue weighted by atomic mass is 9.89. The molecule has 0 aromatic carbocycles. The van der Waals surface area contributed by atoms with Gasteiger partial charge in [0.1, 0.15) is 0 Å². The van der Waals surface area contributed by atoms with Crippen molar-refractivity contribution < 1.29 is 23.8 Å². The lowest BCUT2D eigenvalue weighted by Crippen LogP contribution is -2.56. The molecule has 0 aromatic rings. The normalized spacial score (nSPS) is 14.1. The maximum atomic E-state index is 12.5. The second-order valence-electron chi connectivity index (χ2n) is 5.12. The van der Waals surface area contributed by atoms with Crippen LogP contribution in [-0.4, -0.2) is 62.9 Å². The molecule has 0 saturated carbocycles. The number of hydrogen-bond donors (Lipinski definition) is 0. The molecule has 0 aromatic heterocycles. The van der Waals surface area contributed by atoms with Crippen LogP contribution in [0.5, 0.6) is 0 Å². The molecule has 0 saturated heterocycles. The first kappa shape index (κ1) is 21.9. The van der Waals surface area contributed by atoms with E-state index in [0.717, 1.165) is 0 Å². The number of methoxy groups -OCH3 is 3. The highest BCUT2D eigenvalue weighted by Gasteiger charge is 2.44. The predicted octanol–water partition coefficient (Wildman–Crippen LogP) is 1.56. The van der Waals surface area contributed by atoms with E-state index in [1.165, 1.54) is 21.3 Å². The smallest absolute Gasteiger partial charge is 0.339 e. The van der Waals surface area contributed by atoms with Crippen LogP contribution in [0.25, 0.3) is 0 Å². The van der Waals surface area contributed by atoms with E-state index in [9.17, 15) is 9.59 Å². The third-order valence-corrected chi connectivity index (χ3v) is 3.75. The maximum Gasteiger partial charge on any atom is 0.339 e. The van der Waals surface area contributed by atoms with Crippen LogP contribution in [0, 0.1) is 12.3 Å². The van der Waals surface area contributed by atoms with Crippen LogP contribution in [0.4, 0.5) is 0 Å². The van der Waals surface area contributed by atoms with Crippen molar-refractivity contribution in [3.8, 4) is 12.3 Å². The zero-order valence-electron chi connectivity index (χ0n) is 14.7. The lowest BCUT2D eigenvalue weighted by Gasteiger charge is -2.38. The zero-order chi connectivity index (χ0) is 18.6. The molecule has 0 amide bonds. The number of hydrogen-bond acceptors (Lipinski definition) is 6. The molecule has 0 spiro atoms. The third kappa shape index (κ3) is 5.84. The number of ether oxygens (including phenoxy) is 3. The lowest BCUT2D eigenvalue weighted by molar-refractivity contribution is -0.153. The summed E-state index contributed by atoms with van der Waals surface area (Å²) >= 11 is 0. The van der Waals surface area contributed by atoms with Crippen molar-refractivity contribution >= 4 is 11.9 Å². The minimum absolute atomic E-state index is 0.183. The van der Waals surface area contributed by atoms with Crippen LogP contribution in [0.3, 0.4) is 0 Å². The molecule has 6 heteroatoms. The molecular weight excluding hydrogens is 310 g/mol. The quantitative estimate of drug-likeness (QED) is 0.306. The van der Waals surface area contributed by atoms with Gasteiger partial charge < -0.3 is 14.2 Å². The SMILES string of the molecule is C#C[C@@](C[C@H](C=C)OC)(C(=O)OC)N(CC=C)CCCC(=O)OC. The Labute approximate surface area is 144 Å². The third-order valence-electron chi connectivity index (χ3n) is 3.75. The Morgan fingerprint density at radius 2 is 1.96 bits per heavy atom. The second kappa shape index (κ2) is 11.4. The number of esters is 2. The van der Waals surface area contributed by atoms with E-state index in [1.807, 2.05) is 0 Å². The molecule has 0 radical (unpaired) electrons. The fourth-order valence-corrected chi connectivity index (χ4v) is 2.38. The Morgan fingerprint density at radius 1 is 1.29 bits per heavy atom. The largest absolute Gasteiger partial charge is 0.469 e. The van der Waals surface area contributed by atoms with Gasteiger partial charge in [-0.1, -0.05) is 18.1 Å². The van der Waals surface area contributed by atoms with Crippen LogP contribution in [0.2, 0.25) is 0 Å². The standard InChI is InChI=1S/C18H27NO5/c1-7-12-19(13-10-11-16(20)23-5)18(9-3,17(21)24-6)14-15(8-2)22-4/h3,7-8,15H,1-2,10-14H2,4-6H3/t15-,18+/m0/s1. The van der Waals surface area contributed by atoms with Gasteiger partial charge in [0, 0.05) is 33.0 Å². The van der Waals surface area contributed by atoms with Gasteiger partial charge in [0.05, 0.1) is 20.3 Å². The van der Waals surface area contributed by atoms with Crippen molar-refractivity contribution in [2.75, 3.05) is 34.4 Å². The Hall–Kier alpha value is -2.10. The second-order valence-corrected chi connectivity index (χ2v) is 5.12. The summed E-state index contributed by atoms with van der Waals surface area (Å²) in [6.07, 6.45) is 9.41. The Balaban J connectivity index is 5.52. The fraction of sp³-hybridized carbons (Fsp3) is 0.556. The molecule has 0 aliphatic carbocycles. The minimum Gasteiger partial charge on any atom is -0.469 e. The first-order chi connectivity index (χ1) is 11.4. The Kier molecular flexibility index (Phi) is 10.4. The van der Waals surface area contributed by atoms with Gasteiger partial charge in [0.15, 0.2) is 5.54 Å². The molecule has 6 nitrogen and oxygen atoms in total. The molecule has 0 fully saturated rings. The summed E-state index contributed by atoms with van der Waals surface area (Å²) in [6.45, 7) is 8.15. The van der Waals surface area contributed by atoms with Gasteiger partial charge in [-0.3, -0.25) is 9.69 Å². The number of carbonyl (C=O) groups is 2. The number of nitrogens with zero attached hydrogens (tertiary/aromatic N) is 1. The average molecular weight is 337 g/mol. The minimum atomic E-state index is -1.34. The van der Waals surface area contributed by atoms with E-state index < -0.39 is 17.6 Å². The van der Waals surface area contributed by atoms with E-state index in [4.69, 9.17) is 15.9 Å². The molecule has 0 rings (SSSR count). The topological polar surface area (TPSA) is 65.1 Å². The summed E-state index contributed by atoms with van der Waals surface area (Å²) in [4.78, 5) is 25.5. The first-order valence-corrected chi connectivity index (χ1v) is 7.60. The van der Waals surface area contributed by atoms with Gasteiger partial charge in [-0.2, -0.15) is 0 Å². The van der Waals surface area contributed by atoms with Gasteiger partial charge in [-0.05, 0) is 6.42 Å². The summed E-state index contributed by atoms with van der Waals surface area (Å²) in [7, 11) is 4.13. The van der Waals surface area contributed by atoms with Gasteiger partial charge in [-0.25, -0.2) is 4.79 Å². The summed E-state index contributed by atoms with van der Waals surface area (Å²) in [5.74, 6) is 1.68. The molecule has 0 bridgehead atoms. The monoisotopic (exact) mass is 337 g/mol. The van der Waals surface area contributed by atoms with Crippen LogP contribution < -0.4 is 0 Å². The first-order valence-electron chi connectivity index (χ1n) is 7.60. The summed E-state index contributed by atoms with van der Waals surface area (Å²) in [5.41, 5.74) is -1.34. The van der Waals surface area contributed by atoms with Crippen molar-refractivity contribution in [2.24, 2.45) is 0 Å². The summed E-state index contributed by atoms with van der Waals surface area (Å²) < 4.78 is 14.9. The molecule has 0 unspecified atom stereocenters. The average Bonchev–Trinajstić information content (AvgIpc) is 2.61. The van der Waals surface area contributed by atoms with Gasteiger partial charge in [0.25, 0.3) is 0 Å². The number of rotatable bonds is 12. The predicted molar refractivity (Wildman–Crippen MR) is 92.2 cm³/mol. The molecular formula is C18H27NO5. The summed E-state index contributed by atoms with van der Waals surface area (Å²) in [6, 6.07) is 0. The van der Waals surface area contributed by atoms with Crippen LogP contribution >= 0.6 is 0 Å². The molecule has 0 heterocycles. The van der Waals surface area contributed by atoms with Crippen molar-refractivity contribution in [3.05, 3.63) is 25.3 Å². The van der Waals surface area contributed by atoms with E-state index in [1.54, 1.807) is 17.1 Å². The van der Waals surface area contributed by atoms with Crippen LogP contribution in [0.1, 0.15) is 19.3 Å². The molecule has 0 N–H and O–H groups in total. The van der Waals surface area contributed by atoms with E-state index in [2.05, 4.69) is 23.8 Å². The number of carbonyl (C=O) groups excluding carboxylic acids is 2. The van der Waals surface area contributed by atoms with Gasteiger partial charge >= 0.3 is 11.9 Å². The van der Waals surface area contributed by atoms with E-state index >= 15 is 0 Å². The van der Waals surface area contributed by atoms with E-state index in [0.29, 0.717) is 19.5 Å². The van der Waals surface area contributed by atoms with Crippen molar-refractivity contribution in [1.29, 1.82) is 0 Å². The highest BCUT2D eigenvalue weighted by Crippen LogP contribution is 2.25. The molecule has 134 valence electrons. The number of terminal acetylenes is 1. The van der Waals surface area contributed by atoms with Crippen LogP contribution in [-0.2, 0) is 23.8 Å². The van der Waals surface area contributed by atoms with Crippen molar-refractivity contribution in [3.63, 3.8) is 0 Å². The maximum absolute atomic E-state index is 12.5. The molecule has 24 heavy (non-hydrogen) atoms. The highest BCUT2D eigenvalue weighted by molar-refractivity contribution is 5.85. The van der Waals surface area contributed by atoms with Crippen molar-refractivity contribution in [1.82, 2.24) is 4.90 Å². The highest BCUT2D eigenvalue weighted by atomic mass is 16.5. The Bertz CT molecular complexity index is 482. The zero-order valence-corrected chi connectivity index (χ0v) is 14.7. The van der Waals surface area contributed by atoms with Crippen molar-refractivity contribution in [2.45, 2.75) is 30.9 Å². The van der Waals surface area contributed by atoms with Gasteiger partial charge in [0.2, 0.25) is 0 Å². The molecule has 0 aliphatic heterocycles. The van der Waals surface area contributed by atoms with E-state index in [-0.39, 0.29) is 18.8 Å². The molecule has 0 aliphatic rings. The summed E-state index contributed by atoms with van der Waals surface area (Å²) in [5, 5.41) is 0. The van der Waals surface area contributed by atoms with Gasteiger partial charge in [-0.15, -0.1) is 19.6 Å². The fourth-order valence-electron chi connectivity index (χ4n) is 2.38. The molecule has 2 atom stereocenters. The van der Waals surface area contributed by atoms with Crippen LogP contribution in [0.15, 0.2) is 25.3 Å².